The van der Waals surface area contributed by atoms with Crippen LogP contribution < -0.4 is 9.62 Å². The third-order valence-electron chi connectivity index (χ3n) is 6.80. The maximum Gasteiger partial charge on any atom is 0.264 e. The Balaban J connectivity index is 1.85. The van der Waals surface area contributed by atoms with Gasteiger partial charge in [-0.3, -0.25) is 13.9 Å². The van der Waals surface area contributed by atoms with Crippen molar-refractivity contribution in [1.29, 1.82) is 0 Å². The lowest BCUT2D eigenvalue weighted by Crippen LogP contribution is -2.53. The van der Waals surface area contributed by atoms with E-state index in [1.54, 1.807) is 43.3 Å². The molecule has 1 atom stereocenters. The van der Waals surface area contributed by atoms with E-state index in [0.29, 0.717) is 12.1 Å². The Labute approximate surface area is 277 Å². The monoisotopic (exact) mass is 691 g/mol. The molecule has 4 aromatic rings. The van der Waals surface area contributed by atoms with E-state index in [1.807, 2.05) is 30.3 Å². The van der Waals surface area contributed by atoms with Gasteiger partial charge in [-0.15, -0.1) is 0 Å². The highest BCUT2D eigenvalue weighted by Crippen LogP contribution is 2.34. The van der Waals surface area contributed by atoms with Crippen LogP contribution in [0.15, 0.2) is 102 Å². The van der Waals surface area contributed by atoms with Crippen LogP contribution in [0.5, 0.6) is 0 Å². The van der Waals surface area contributed by atoms with Gasteiger partial charge in [0.1, 0.15) is 12.6 Å². The van der Waals surface area contributed by atoms with Gasteiger partial charge in [-0.1, -0.05) is 101 Å². The molecule has 0 spiro atoms. The topological polar surface area (TPSA) is 86.8 Å². The predicted octanol–water partition coefficient (Wildman–Crippen LogP) is 7.27. The SMILES string of the molecule is CCNC(=O)C(Cc1ccccc1)N(Cc1c(Cl)cccc1Cl)C(=O)CN(c1cc(Cl)ccc1Cl)S(=O)(=O)c1ccccc1. The number of nitrogens with zero attached hydrogens (tertiary/aromatic N) is 2. The number of benzene rings is 4. The van der Waals surface area contributed by atoms with Crippen molar-refractivity contribution >= 4 is 73.9 Å². The fourth-order valence-corrected chi connectivity index (χ4v) is 7.01. The quantitative estimate of drug-likeness (QED) is 0.169. The zero-order valence-corrected chi connectivity index (χ0v) is 27.4. The minimum absolute atomic E-state index is 0.00437. The van der Waals surface area contributed by atoms with E-state index in [-0.39, 0.29) is 43.6 Å². The molecule has 0 bridgehead atoms. The molecule has 44 heavy (non-hydrogen) atoms. The largest absolute Gasteiger partial charge is 0.355 e. The van der Waals surface area contributed by atoms with Gasteiger partial charge in [-0.2, -0.15) is 0 Å². The second-order valence-corrected chi connectivity index (χ2v) is 13.3. The van der Waals surface area contributed by atoms with E-state index in [2.05, 4.69) is 5.32 Å². The number of likely N-dealkylation sites (N-methyl/N-ethyl adjacent to an activating group) is 1. The van der Waals surface area contributed by atoms with Crippen LogP contribution in [0.1, 0.15) is 18.1 Å². The first kappa shape index (κ1) is 33.6. The summed E-state index contributed by atoms with van der Waals surface area (Å²) in [6.07, 6.45) is 0.143. The van der Waals surface area contributed by atoms with E-state index >= 15 is 0 Å². The maximum atomic E-state index is 14.4. The normalized spacial score (nSPS) is 11.9. The minimum atomic E-state index is -4.34. The number of nitrogens with one attached hydrogen (secondary N) is 1. The summed E-state index contributed by atoms with van der Waals surface area (Å²) in [6, 6.07) is 25.1. The molecule has 0 heterocycles. The number of rotatable bonds is 12. The fourth-order valence-electron chi connectivity index (χ4n) is 4.61. The van der Waals surface area contributed by atoms with Crippen molar-refractivity contribution < 1.29 is 18.0 Å². The molecule has 0 aliphatic carbocycles. The van der Waals surface area contributed by atoms with Gasteiger partial charge >= 0.3 is 0 Å². The molecule has 12 heteroatoms. The van der Waals surface area contributed by atoms with Crippen LogP contribution >= 0.6 is 46.4 Å². The number of carbonyl (C=O) groups excluding carboxylic acids is 2. The molecular weight excluding hydrogens is 664 g/mol. The Bertz CT molecular complexity index is 1700. The molecule has 1 unspecified atom stereocenters. The number of halogens is 4. The molecule has 4 aromatic carbocycles. The molecule has 2 amide bonds. The summed E-state index contributed by atoms with van der Waals surface area (Å²) in [5.74, 6) is -1.12. The van der Waals surface area contributed by atoms with Crippen LogP contribution in [0.3, 0.4) is 0 Å². The molecule has 0 aliphatic rings. The lowest BCUT2D eigenvalue weighted by atomic mass is 10.0. The van der Waals surface area contributed by atoms with Gasteiger partial charge in [0.25, 0.3) is 10.0 Å². The Kier molecular flexibility index (Phi) is 11.6. The van der Waals surface area contributed by atoms with Crippen LogP contribution in [-0.4, -0.2) is 44.3 Å². The van der Waals surface area contributed by atoms with Gasteiger partial charge in [0, 0.05) is 40.1 Å². The van der Waals surface area contributed by atoms with E-state index in [0.717, 1.165) is 9.87 Å². The Morgan fingerprint density at radius 1 is 0.795 bits per heavy atom. The molecule has 0 saturated carbocycles. The number of carbonyl (C=O) groups is 2. The smallest absolute Gasteiger partial charge is 0.264 e. The van der Waals surface area contributed by atoms with Gasteiger partial charge in [0.05, 0.1) is 15.6 Å². The van der Waals surface area contributed by atoms with E-state index < -0.39 is 34.4 Å². The summed E-state index contributed by atoms with van der Waals surface area (Å²) in [5, 5.41) is 3.66. The summed E-state index contributed by atoms with van der Waals surface area (Å²) < 4.78 is 29.0. The number of anilines is 1. The average molecular weight is 693 g/mol. The van der Waals surface area contributed by atoms with Crippen LogP contribution in [0, 0.1) is 0 Å². The highest BCUT2D eigenvalue weighted by atomic mass is 35.5. The van der Waals surface area contributed by atoms with Crippen molar-refractivity contribution in [2.75, 3.05) is 17.4 Å². The van der Waals surface area contributed by atoms with Gasteiger partial charge in [0.15, 0.2) is 0 Å². The summed E-state index contributed by atoms with van der Waals surface area (Å²) in [6.45, 7) is 1.20. The predicted molar refractivity (Wildman–Crippen MR) is 177 cm³/mol. The molecular formula is C32H29Cl4N3O4S. The first-order valence-electron chi connectivity index (χ1n) is 13.6. The van der Waals surface area contributed by atoms with Gasteiger partial charge in [-0.25, -0.2) is 8.42 Å². The number of sulfonamides is 1. The Morgan fingerprint density at radius 3 is 2.02 bits per heavy atom. The number of hydrogen-bond donors (Lipinski definition) is 1. The summed E-state index contributed by atoms with van der Waals surface area (Å²) in [7, 11) is -4.34. The van der Waals surface area contributed by atoms with Crippen molar-refractivity contribution in [2.45, 2.75) is 30.8 Å². The Morgan fingerprint density at radius 2 is 1.41 bits per heavy atom. The van der Waals surface area contributed by atoms with Crippen LogP contribution in [0.2, 0.25) is 20.1 Å². The minimum Gasteiger partial charge on any atom is -0.355 e. The highest BCUT2D eigenvalue weighted by Gasteiger charge is 2.35. The second kappa shape index (κ2) is 15.1. The summed E-state index contributed by atoms with van der Waals surface area (Å²) in [4.78, 5) is 29.3. The molecule has 0 aromatic heterocycles. The van der Waals surface area contributed by atoms with Gasteiger partial charge < -0.3 is 10.2 Å². The lowest BCUT2D eigenvalue weighted by Gasteiger charge is -2.34. The third-order valence-corrected chi connectivity index (χ3v) is 9.84. The van der Waals surface area contributed by atoms with E-state index in [9.17, 15) is 18.0 Å². The fraction of sp³-hybridized carbons (Fsp3) is 0.188. The standard InChI is InChI=1S/C32H29Cl4N3O4S/c1-2-37-32(41)30(18-22-10-5-3-6-11-22)38(20-25-26(34)14-9-15-27(25)35)31(40)21-39(29-19-23(33)16-17-28(29)36)44(42,43)24-12-7-4-8-13-24/h3-17,19,30H,2,18,20-21H2,1H3,(H,37,41). The van der Waals surface area contributed by atoms with Gasteiger partial charge in [-0.05, 0) is 55.0 Å². The van der Waals surface area contributed by atoms with Crippen molar-refractivity contribution in [1.82, 2.24) is 10.2 Å². The van der Waals surface area contributed by atoms with Crippen LogP contribution in [0.4, 0.5) is 5.69 Å². The molecule has 0 fully saturated rings. The van der Waals surface area contributed by atoms with Crippen molar-refractivity contribution in [3.8, 4) is 0 Å². The first-order valence-corrected chi connectivity index (χ1v) is 16.5. The lowest BCUT2D eigenvalue weighted by molar-refractivity contribution is -0.140. The number of hydrogen-bond acceptors (Lipinski definition) is 4. The van der Waals surface area contributed by atoms with Crippen molar-refractivity contribution in [3.63, 3.8) is 0 Å². The summed E-state index contributed by atoms with van der Waals surface area (Å²) in [5.41, 5.74) is 1.20. The van der Waals surface area contributed by atoms with E-state index in [4.69, 9.17) is 46.4 Å². The van der Waals surface area contributed by atoms with E-state index in [1.165, 1.54) is 35.2 Å². The van der Waals surface area contributed by atoms with Crippen LogP contribution in [-0.2, 0) is 32.6 Å². The number of amides is 2. The summed E-state index contributed by atoms with van der Waals surface area (Å²) >= 11 is 25.8. The van der Waals surface area contributed by atoms with Crippen LogP contribution in [0.25, 0.3) is 0 Å². The zero-order valence-electron chi connectivity index (χ0n) is 23.6. The molecule has 0 aliphatic heterocycles. The molecule has 0 saturated heterocycles. The second-order valence-electron chi connectivity index (χ2n) is 9.74. The zero-order chi connectivity index (χ0) is 31.9. The maximum absolute atomic E-state index is 14.4. The molecule has 1 N–H and O–H groups in total. The molecule has 0 radical (unpaired) electrons. The van der Waals surface area contributed by atoms with Gasteiger partial charge in [0.2, 0.25) is 11.8 Å². The highest BCUT2D eigenvalue weighted by molar-refractivity contribution is 7.92. The Hall–Kier alpha value is -3.27. The molecule has 4 rings (SSSR count). The average Bonchev–Trinajstić information content (AvgIpc) is 3.01. The van der Waals surface area contributed by atoms with Crippen molar-refractivity contribution in [3.05, 3.63) is 128 Å². The first-order chi connectivity index (χ1) is 21.0. The van der Waals surface area contributed by atoms with Crippen molar-refractivity contribution in [2.24, 2.45) is 0 Å². The molecule has 7 nitrogen and oxygen atoms in total. The molecule has 230 valence electrons. The third kappa shape index (κ3) is 8.06.